The molecule has 10 nitrogen and oxygen atoms in total. The summed E-state index contributed by atoms with van der Waals surface area (Å²) < 4.78 is 33.0. The molecule has 0 amide bonds. The SMILES string of the molecule is CN(CCN1CCN(c2ccc([S@@](C)=O)cc2F)CC1)c1nc(N)n2nc(-c3ccco3)cc2n1. The molecule has 1 atom stereocenters. The van der Waals surface area contributed by atoms with Crippen molar-refractivity contribution >= 4 is 34.0 Å². The molecule has 1 aliphatic rings. The minimum absolute atomic E-state index is 0.253. The van der Waals surface area contributed by atoms with Gasteiger partial charge in [0.15, 0.2) is 11.4 Å². The van der Waals surface area contributed by atoms with E-state index in [1.165, 1.54) is 10.6 Å². The first-order valence-electron chi connectivity index (χ1n) is 11.3. The van der Waals surface area contributed by atoms with E-state index < -0.39 is 10.8 Å². The second-order valence-electron chi connectivity index (χ2n) is 8.48. The molecular formula is C23H27FN8O2S. The number of halogens is 1. The van der Waals surface area contributed by atoms with Crippen molar-refractivity contribution in [3.8, 4) is 11.5 Å². The topological polar surface area (TPSA) is 109 Å². The fraction of sp³-hybridized carbons (Fsp3) is 0.348. The highest BCUT2D eigenvalue weighted by atomic mass is 32.2. The van der Waals surface area contributed by atoms with E-state index in [9.17, 15) is 8.60 Å². The van der Waals surface area contributed by atoms with E-state index in [1.54, 1.807) is 30.7 Å². The second kappa shape index (κ2) is 9.62. The maximum atomic E-state index is 14.5. The van der Waals surface area contributed by atoms with Crippen LogP contribution in [0, 0.1) is 5.82 Å². The van der Waals surface area contributed by atoms with Crippen LogP contribution in [-0.4, -0.2) is 81.3 Å². The molecule has 12 heteroatoms. The summed E-state index contributed by atoms with van der Waals surface area (Å²) in [6.45, 7) is 4.58. The number of aromatic nitrogens is 4. The van der Waals surface area contributed by atoms with Crippen LogP contribution in [0.25, 0.3) is 17.1 Å². The van der Waals surface area contributed by atoms with Gasteiger partial charge in [0.1, 0.15) is 11.5 Å². The first kappa shape index (κ1) is 23.2. The lowest BCUT2D eigenvalue weighted by molar-refractivity contribution is 0.262. The summed E-state index contributed by atoms with van der Waals surface area (Å²) in [4.78, 5) is 15.9. The number of fused-ring (bicyclic) bond motifs is 1. The van der Waals surface area contributed by atoms with Crippen LogP contribution >= 0.6 is 0 Å². The zero-order valence-electron chi connectivity index (χ0n) is 19.6. The second-order valence-corrected chi connectivity index (χ2v) is 9.86. The van der Waals surface area contributed by atoms with Gasteiger partial charge in [0.05, 0.1) is 12.0 Å². The molecule has 0 radical (unpaired) electrons. The molecule has 1 aromatic carbocycles. The minimum atomic E-state index is -1.20. The molecular weight excluding hydrogens is 471 g/mol. The zero-order valence-corrected chi connectivity index (χ0v) is 20.4. The van der Waals surface area contributed by atoms with E-state index in [4.69, 9.17) is 10.2 Å². The minimum Gasteiger partial charge on any atom is -0.463 e. The highest BCUT2D eigenvalue weighted by molar-refractivity contribution is 7.84. The summed E-state index contributed by atoms with van der Waals surface area (Å²) in [5.41, 5.74) is 7.93. The molecule has 0 saturated carbocycles. The van der Waals surface area contributed by atoms with Crippen LogP contribution in [0.15, 0.2) is 52.0 Å². The number of likely N-dealkylation sites (N-methyl/N-ethyl adjacent to an activating group) is 1. The largest absolute Gasteiger partial charge is 0.463 e. The predicted octanol–water partition coefficient (Wildman–Crippen LogP) is 2.10. The Balaban J connectivity index is 1.19. The van der Waals surface area contributed by atoms with Crippen LogP contribution < -0.4 is 15.5 Å². The molecule has 1 saturated heterocycles. The van der Waals surface area contributed by atoms with E-state index in [0.29, 0.717) is 40.2 Å². The van der Waals surface area contributed by atoms with Crippen LogP contribution in [-0.2, 0) is 10.8 Å². The number of benzene rings is 1. The fourth-order valence-electron chi connectivity index (χ4n) is 4.14. The number of rotatable bonds is 7. The summed E-state index contributed by atoms with van der Waals surface area (Å²) in [7, 11) is 0.735. The molecule has 0 bridgehead atoms. The first-order valence-corrected chi connectivity index (χ1v) is 12.8. The Morgan fingerprint density at radius 1 is 1.17 bits per heavy atom. The Morgan fingerprint density at radius 2 is 1.97 bits per heavy atom. The molecule has 1 aliphatic heterocycles. The Labute approximate surface area is 204 Å². The van der Waals surface area contributed by atoms with E-state index in [0.717, 1.165) is 32.7 Å². The molecule has 0 aliphatic carbocycles. The van der Waals surface area contributed by atoms with Crippen LogP contribution in [0.1, 0.15) is 0 Å². The lowest BCUT2D eigenvalue weighted by atomic mass is 10.2. The average molecular weight is 499 g/mol. The molecule has 0 spiro atoms. The number of nitrogens with two attached hydrogens (primary N) is 1. The van der Waals surface area contributed by atoms with Gasteiger partial charge in [-0.3, -0.25) is 9.11 Å². The smallest absolute Gasteiger partial charge is 0.230 e. The lowest BCUT2D eigenvalue weighted by Gasteiger charge is -2.36. The Morgan fingerprint density at radius 3 is 2.66 bits per heavy atom. The average Bonchev–Trinajstić information content (AvgIpc) is 3.53. The third-order valence-corrected chi connectivity index (χ3v) is 7.09. The maximum Gasteiger partial charge on any atom is 0.230 e. The van der Waals surface area contributed by atoms with E-state index >= 15 is 0 Å². The third-order valence-electron chi connectivity index (χ3n) is 6.17. The van der Waals surface area contributed by atoms with Gasteiger partial charge in [0, 0.05) is 74.3 Å². The molecule has 5 rings (SSSR count). The monoisotopic (exact) mass is 498 g/mol. The molecule has 184 valence electrons. The van der Waals surface area contributed by atoms with Crippen LogP contribution in [0.3, 0.4) is 0 Å². The van der Waals surface area contributed by atoms with Gasteiger partial charge in [0.25, 0.3) is 0 Å². The van der Waals surface area contributed by atoms with Crippen molar-refractivity contribution in [3.63, 3.8) is 0 Å². The molecule has 0 unspecified atom stereocenters. The van der Waals surface area contributed by atoms with Crippen LogP contribution in [0.4, 0.5) is 22.0 Å². The van der Waals surface area contributed by atoms with Gasteiger partial charge < -0.3 is 20.0 Å². The lowest BCUT2D eigenvalue weighted by Crippen LogP contribution is -2.48. The van der Waals surface area contributed by atoms with Crippen molar-refractivity contribution in [2.75, 3.05) is 68.1 Å². The Kier molecular flexibility index (Phi) is 6.39. The number of furan rings is 1. The summed E-state index contributed by atoms with van der Waals surface area (Å²) in [5.74, 6) is 1.09. The third kappa shape index (κ3) is 4.84. The highest BCUT2D eigenvalue weighted by Gasteiger charge is 2.21. The van der Waals surface area contributed by atoms with Crippen LogP contribution in [0.5, 0.6) is 0 Å². The predicted molar refractivity (Wildman–Crippen MR) is 134 cm³/mol. The van der Waals surface area contributed by atoms with Gasteiger partial charge in [-0.2, -0.15) is 19.6 Å². The van der Waals surface area contributed by atoms with Crippen molar-refractivity contribution in [1.82, 2.24) is 24.5 Å². The molecule has 4 aromatic rings. The van der Waals surface area contributed by atoms with Crippen molar-refractivity contribution in [2.45, 2.75) is 4.90 Å². The quantitative estimate of drug-likeness (QED) is 0.410. The van der Waals surface area contributed by atoms with Gasteiger partial charge in [-0.25, -0.2) is 4.39 Å². The standard InChI is InChI=1S/C23H27FN8O2S/c1-29(23-26-21-15-18(20-4-3-13-34-20)28-32(21)22(25)27-23)7-8-30-9-11-31(12-10-30)19-6-5-16(35(2)33)14-17(19)24/h3-6,13-15H,7-12H2,1-2H3,(H2,25,26,27)/t35-/m1/s1. The molecule has 1 fully saturated rings. The van der Waals surface area contributed by atoms with Crippen molar-refractivity contribution < 1.29 is 13.0 Å². The van der Waals surface area contributed by atoms with Crippen molar-refractivity contribution in [3.05, 3.63) is 48.5 Å². The summed E-state index contributed by atoms with van der Waals surface area (Å²) in [6, 6.07) is 10.3. The fourth-order valence-corrected chi connectivity index (χ4v) is 4.67. The van der Waals surface area contributed by atoms with E-state index in [2.05, 4.69) is 20.0 Å². The number of hydrogen-bond acceptors (Lipinski definition) is 9. The number of piperazine rings is 1. The van der Waals surface area contributed by atoms with Gasteiger partial charge in [0.2, 0.25) is 11.9 Å². The normalized spacial score (nSPS) is 15.6. The van der Waals surface area contributed by atoms with Gasteiger partial charge in [-0.05, 0) is 30.3 Å². The first-order chi connectivity index (χ1) is 16.9. The molecule has 4 heterocycles. The van der Waals surface area contributed by atoms with E-state index in [-0.39, 0.29) is 11.8 Å². The number of nitrogen functional groups attached to an aromatic ring is 1. The molecule has 2 N–H and O–H groups in total. The summed E-state index contributed by atoms with van der Waals surface area (Å²) in [6.07, 6.45) is 3.14. The van der Waals surface area contributed by atoms with Crippen molar-refractivity contribution in [1.29, 1.82) is 0 Å². The van der Waals surface area contributed by atoms with Crippen LogP contribution in [0.2, 0.25) is 0 Å². The molecule has 35 heavy (non-hydrogen) atoms. The number of hydrogen-bond donors (Lipinski definition) is 1. The van der Waals surface area contributed by atoms with Crippen molar-refractivity contribution in [2.24, 2.45) is 0 Å². The molecule has 3 aromatic heterocycles. The zero-order chi connectivity index (χ0) is 24.5. The Bertz CT molecular complexity index is 1350. The highest BCUT2D eigenvalue weighted by Crippen LogP contribution is 2.24. The summed E-state index contributed by atoms with van der Waals surface area (Å²) in [5, 5.41) is 4.43. The van der Waals surface area contributed by atoms with Gasteiger partial charge in [-0.15, -0.1) is 0 Å². The number of nitrogens with zero attached hydrogens (tertiary/aromatic N) is 7. The Hall–Kier alpha value is -3.51. The van der Waals surface area contributed by atoms with Gasteiger partial charge >= 0.3 is 0 Å². The van der Waals surface area contributed by atoms with E-state index in [1.807, 2.05) is 29.0 Å². The number of anilines is 3. The van der Waals surface area contributed by atoms with Gasteiger partial charge in [-0.1, -0.05) is 0 Å². The maximum absolute atomic E-state index is 14.5. The summed E-state index contributed by atoms with van der Waals surface area (Å²) >= 11 is 0.